The minimum atomic E-state index is -0.535. The third kappa shape index (κ3) is 6.35. The Kier molecular flexibility index (Phi) is 8.80. The summed E-state index contributed by atoms with van der Waals surface area (Å²) in [6.45, 7) is 2.21. The lowest BCUT2D eigenvalue weighted by atomic mass is 9.85. The topological polar surface area (TPSA) is 76.4 Å². The molecule has 5 nitrogen and oxygen atoms in total. The molecule has 0 amide bonds. The zero-order valence-corrected chi connectivity index (χ0v) is 21.5. The number of ketones is 1. The minimum absolute atomic E-state index is 0.125. The highest BCUT2D eigenvalue weighted by Crippen LogP contribution is 2.38. The van der Waals surface area contributed by atoms with Crippen LogP contribution in [-0.4, -0.2) is 18.9 Å². The van der Waals surface area contributed by atoms with E-state index in [0.29, 0.717) is 23.8 Å². The van der Waals surface area contributed by atoms with Crippen LogP contribution in [0.3, 0.4) is 0 Å². The van der Waals surface area contributed by atoms with E-state index in [2.05, 4.69) is 31.2 Å². The number of methoxy groups -OCH3 is 1. The molecule has 36 heavy (non-hydrogen) atoms. The maximum atomic E-state index is 13.2. The summed E-state index contributed by atoms with van der Waals surface area (Å²) in [4.78, 5) is 25.2. The lowest BCUT2D eigenvalue weighted by Crippen LogP contribution is -2.19. The molecule has 1 aliphatic carbocycles. The number of carbonyl (C=O) groups is 2. The fourth-order valence-electron chi connectivity index (χ4n) is 5.94. The smallest absolute Gasteiger partial charge is 0.307 e. The molecular weight excluding hydrogens is 450 g/mol. The zero-order valence-electron chi connectivity index (χ0n) is 21.5. The van der Waals surface area contributed by atoms with Crippen LogP contribution in [0.5, 0.6) is 5.75 Å². The number of carbonyl (C=O) groups excluding carboxylic acids is 2. The Hall–Kier alpha value is -3.13. The van der Waals surface area contributed by atoms with Crippen molar-refractivity contribution in [1.82, 2.24) is 0 Å². The molecule has 2 aromatic carbocycles. The highest BCUT2D eigenvalue weighted by molar-refractivity contribution is 5.88. The molecule has 1 heterocycles. The van der Waals surface area contributed by atoms with Crippen molar-refractivity contribution < 1.29 is 19.1 Å². The predicted octanol–water partition coefficient (Wildman–Crippen LogP) is 6.52. The number of aryl methyl sites for hydroxylation is 1. The first-order valence-corrected chi connectivity index (χ1v) is 13.4. The van der Waals surface area contributed by atoms with Crippen LogP contribution in [0, 0.1) is 29.1 Å². The van der Waals surface area contributed by atoms with E-state index in [0.717, 1.165) is 37.0 Å². The standard InChI is InChI=1S/C31H37NO4/c1-3-24-14-15-27(35-2)18-26(24)17-22-6-4-5-21(7-8-22)11-16-29(33)28-19-30(34)36-31(28)25-12-9-23(20-32)10-13-25/h9-10,12-15,18,21-22,28,31H,3-8,11,16-17,19H2,1-2H3/t21?,22?,28-,31-/m1/s1. The second kappa shape index (κ2) is 12.2. The van der Waals surface area contributed by atoms with Crippen molar-refractivity contribution in [2.75, 3.05) is 7.11 Å². The van der Waals surface area contributed by atoms with Gasteiger partial charge in [-0.05, 0) is 78.5 Å². The number of ether oxygens (including phenoxy) is 2. The number of nitriles is 1. The van der Waals surface area contributed by atoms with Gasteiger partial charge in [-0.15, -0.1) is 0 Å². The average molecular weight is 488 g/mol. The fraction of sp³-hybridized carbons (Fsp3) is 0.516. The lowest BCUT2D eigenvalue weighted by molar-refractivity contribution is -0.141. The Bertz CT molecular complexity index is 1100. The van der Waals surface area contributed by atoms with Crippen LogP contribution in [0.4, 0.5) is 0 Å². The van der Waals surface area contributed by atoms with Crippen molar-refractivity contribution >= 4 is 11.8 Å². The number of esters is 1. The van der Waals surface area contributed by atoms with E-state index < -0.39 is 12.0 Å². The molecule has 1 saturated carbocycles. The van der Waals surface area contributed by atoms with Crippen LogP contribution in [-0.2, 0) is 27.2 Å². The summed E-state index contributed by atoms with van der Waals surface area (Å²) >= 11 is 0. The molecule has 0 N–H and O–H groups in total. The Morgan fingerprint density at radius 2 is 1.81 bits per heavy atom. The molecule has 0 radical (unpaired) electrons. The summed E-state index contributed by atoms with van der Waals surface area (Å²) < 4.78 is 11.0. The van der Waals surface area contributed by atoms with E-state index in [9.17, 15) is 9.59 Å². The maximum Gasteiger partial charge on any atom is 0.307 e. The van der Waals surface area contributed by atoms with Gasteiger partial charge in [0.2, 0.25) is 0 Å². The van der Waals surface area contributed by atoms with Crippen LogP contribution >= 0.6 is 0 Å². The van der Waals surface area contributed by atoms with E-state index in [4.69, 9.17) is 14.7 Å². The number of rotatable bonds is 9. The van der Waals surface area contributed by atoms with E-state index in [1.54, 1.807) is 31.4 Å². The summed E-state index contributed by atoms with van der Waals surface area (Å²) in [7, 11) is 1.72. The normalized spacial score (nSPS) is 24.0. The van der Waals surface area contributed by atoms with Gasteiger partial charge >= 0.3 is 5.97 Å². The van der Waals surface area contributed by atoms with Crippen LogP contribution < -0.4 is 4.74 Å². The zero-order chi connectivity index (χ0) is 25.5. The number of benzene rings is 2. The van der Waals surface area contributed by atoms with Gasteiger partial charge < -0.3 is 9.47 Å². The minimum Gasteiger partial charge on any atom is -0.497 e. The lowest BCUT2D eigenvalue weighted by Gasteiger charge is -2.19. The second-order valence-electron chi connectivity index (χ2n) is 10.4. The van der Waals surface area contributed by atoms with Crippen molar-refractivity contribution in [1.29, 1.82) is 5.26 Å². The molecule has 0 spiro atoms. The largest absolute Gasteiger partial charge is 0.497 e. The van der Waals surface area contributed by atoms with Gasteiger partial charge in [0.1, 0.15) is 17.6 Å². The number of hydrogen-bond acceptors (Lipinski definition) is 5. The molecule has 4 rings (SSSR count). The van der Waals surface area contributed by atoms with Gasteiger partial charge in [0.25, 0.3) is 0 Å². The molecule has 4 atom stereocenters. The van der Waals surface area contributed by atoms with Gasteiger partial charge in [0.05, 0.1) is 31.1 Å². The van der Waals surface area contributed by atoms with Crippen molar-refractivity contribution in [3.05, 3.63) is 64.7 Å². The van der Waals surface area contributed by atoms with Gasteiger partial charge in [-0.3, -0.25) is 9.59 Å². The first-order valence-electron chi connectivity index (χ1n) is 13.4. The summed E-state index contributed by atoms with van der Waals surface area (Å²) in [5.41, 5.74) is 4.16. The summed E-state index contributed by atoms with van der Waals surface area (Å²) in [5, 5.41) is 9.03. The highest BCUT2D eigenvalue weighted by Gasteiger charge is 2.40. The van der Waals surface area contributed by atoms with Gasteiger partial charge in [0.15, 0.2) is 0 Å². The third-order valence-electron chi connectivity index (χ3n) is 8.10. The molecule has 2 unspecified atom stereocenters. The molecule has 2 aromatic rings. The van der Waals surface area contributed by atoms with Gasteiger partial charge in [0, 0.05) is 6.42 Å². The molecule has 0 bridgehead atoms. The SMILES string of the molecule is CCc1ccc(OC)cc1CC1CCCC(CCC(=O)[C@H]2CC(=O)O[C@@H]2c2ccc(C#N)cc2)CC1. The van der Waals surface area contributed by atoms with E-state index in [-0.39, 0.29) is 18.2 Å². The van der Waals surface area contributed by atoms with E-state index in [1.165, 1.54) is 36.8 Å². The van der Waals surface area contributed by atoms with Crippen molar-refractivity contribution in [2.45, 2.75) is 77.2 Å². The van der Waals surface area contributed by atoms with Crippen LogP contribution in [0.2, 0.25) is 0 Å². The predicted molar refractivity (Wildman–Crippen MR) is 138 cm³/mol. The van der Waals surface area contributed by atoms with Crippen LogP contribution in [0.1, 0.15) is 86.6 Å². The monoisotopic (exact) mass is 487 g/mol. The first-order chi connectivity index (χ1) is 17.5. The molecule has 0 aromatic heterocycles. The van der Waals surface area contributed by atoms with Gasteiger partial charge in [-0.2, -0.15) is 5.26 Å². The summed E-state index contributed by atoms with van der Waals surface area (Å²) in [6.07, 6.45) is 9.08. The fourth-order valence-corrected chi connectivity index (χ4v) is 5.94. The number of cyclic esters (lactones) is 1. The van der Waals surface area contributed by atoms with E-state index in [1.807, 2.05) is 0 Å². The third-order valence-corrected chi connectivity index (χ3v) is 8.10. The van der Waals surface area contributed by atoms with Crippen LogP contribution in [0.15, 0.2) is 42.5 Å². The quantitative estimate of drug-likeness (QED) is 0.297. The first kappa shape index (κ1) is 25.9. The molecule has 5 heteroatoms. The molecule has 1 saturated heterocycles. The number of hydrogen-bond donors (Lipinski definition) is 0. The molecular formula is C31H37NO4. The Morgan fingerprint density at radius 3 is 2.53 bits per heavy atom. The van der Waals surface area contributed by atoms with Crippen LogP contribution in [0.25, 0.3) is 0 Å². The average Bonchev–Trinajstić information content (AvgIpc) is 3.16. The van der Waals surface area contributed by atoms with Gasteiger partial charge in [-0.1, -0.05) is 50.8 Å². The highest BCUT2D eigenvalue weighted by atomic mass is 16.6. The number of Topliss-reactive ketones (excluding diaryl/α,β-unsaturated/α-hetero) is 1. The molecule has 1 aliphatic heterocycles. The Labute approximate surface area is 214 Å². The van der Waals surface area contributed by atoms with E-state index >= 15 is 0 Å². The summed E-state index contributed by atoms with van der Waals surface area (Å²) in [5.74, 6) is 1.54. The second-order valence-corrected chi connectivity index (χ2v) is 10.4. The van der Waals surface area contributed by atoms with Crippen molar-refractivity contribution in [3.8, 4) is 11.8 Å². The maximum absolute atomic E-state index is 13.2. The molecule has 2 fully saturated rings. The van der Waals surface area contributed by atoms with Crippen molar-refractivity contribution in [2.24, 2.45) is 17.8 Å². The molecule has 2 aliphatic rings. The summed E-state index contributed by atoms with van der Waals surface area (Å²) in [6, 6.07) is 15.5. The Morgan fingerprint density at radius 1 is 1.06 bits per heavy atom. The number of nitrogens with zero attached hydrogens (tertiary/aromatic N) is 1. The van der Waals surface area contributed by atoms with Gasteiger partial charge in [-0.25, -0.2) is 0 Å². The van der Waals surface area contributed by atoms with Crippen molar-refractivity contribution in [3.63, 3.8) is 0 Å². The Balaban J connectivity index is 1.31. The molecule has 190 valence electrons.